The molecule has 40 heavy (non-hydrogen) atoms. The molecule has 0 aliphatic heterocycles. The van der Waals surface area contributed by atoms with Gasteiger partial charge >= 0.3 is 12.1 Å². The first-order valence-electron chi connectivity index (χ1n) is 16.3. The van der Waals surface area contributed by atoms with E-state index in [1.807, 2.05) is 6.92 Å². The number of alkyl halides is 3. The van der Waals surface area contributed by atoms with Gasteiger partial charge in [-0.2, -0.15) is 24.9 Å². The third-order valence-electron chi connectivity index (χ3n) is 8.18. The van der Waals surface area contributed by atoms with Crippen molar-refractivity contribution in [3.05, 3.63) is 0 Å². The molecule has 0 bridgehead atoms. The van der Waals surface area contributed by atoms with Crippen LogP contribution in [0.4, 0.5) is 13.2 Å². The molecule has 238 valence electrons. The summed E-state index contributed by atoms with van der Waals surface area (Å²) < 4.78 is 42.1. The van der Waals surface area contributed by atoms with E-state index >= 15 is 0 Å². The first-order chi connectivity index (χ1) is 19.0. The molecule has 0 aromatic heterocycles. The lowest BCUT2D eigenvalue weighted by atomic mass is 9.97. The van der Waals surface area contributed by atoms with Crippen molar-refractivity contribution >= 4 is 17.7 Å². The number of hydrogen-bond donors (Lipinski definition) is 2. The first-order valence-corrected chi connectivity index (χ1v) is 17.3. The van der Waals surface area contributed by atoms with Crippen LogP contribution in [0.3, 0.4) is 0 Å². The molecular weight excluding hydrogens is 537 g/mol. The highest BCUT2D eigenvalue weighted by Gasteiger charge is 2.36. The fraction of sp³-hybridized carbons (Fsp3) is 0.969. The van der Waals surface area contributed by atoms with Gasteiger partial charge in [-0.3, -0.25) is 4.79 Å². The van der Waals surface area contributed by atoms with Gasteiger partial charge in [0.25, 0.3) is 0 Å². The lowest BCUT2D eigenvalue weighted by molar-refractivity contribution is -0.144. The predicted molar refractivity (Wildman–Crippen MR) is 161 cm³/mol. The van der Waals surface area contributed by atoms with Crippen molar-refractivity contribution in [3.8, 4) is 0 Å². The molecule has 4 atom stereocenters. The molecule has 0 aromatic carbocycles. The van der Waals surface area contributed by atoms with Gasteiger partial charge in [-0.25, -0.2) is 0 Å². The van der Waals surface area contributed by atoms with Crippen LogP contribution >= 0.6 is 11.8 Å². The minimum Gasteiger partial charge on any atom is -0.466 e. The summed E-state index contributed by atoms with van der Waals surface area (Å²) in [6.45, 7) is 4.59. The van der Waals surface area contributed by atoms with Crippen LogP contribution in [-0.2, 0) is 9.53 Å². The van der Waals surface area contributed by atoms with E-state index in [4.69, 9.17) is 4.74 Å². The van der Waals surface area contributed by atoms with Crippen LogP contribution in [0.5, 0.6) is 0 Å². The topological polar surface area (TPSA) is 66.8 Å². The first kappa shape index (κ1) is 37.6. The lowest BCUT2D eigenvalue weighted by Crippen LogP contribution is -2.30. The largest absolute Gasteiger partial charge is 0.466 e. The number of carbonyl (C=O) groups is 1. The number of thioether (sulfide) groups is 1. The third kappa shape index (κ3) is 20.4. The summed E-state index contributed by atoms with van der Waals surface area (Å²) in [6.07, 6.45) is 14.6. The fourth-order valence-electron chi connectivity index (χ4n) is 5.64. The second-order valence-corrected chi connectivity index (χ2v) is 13.6. The molecule has 0 amide bonds. The van der Waals surface area contributed by atoms with Gasteiger partial charge in [0.05, 0.1) is 18.3 Å². The van der Waals surface area contributed by atoms with E-state index in [9.17, 15) is 28.2 Å². The molecule has 1 rings (SSSR count). The molecule has 1 aliphatic rings. The average molecular weight is 597 g/mol. The minimum absolute atomic E-state index is 0.0843. The van der Waals surface area contributed by atoms with Gasteiger partial charge in [0.15, 0.2) is 0 Å². The Hall–Kier alpha value is -0.470. The van der Waals surface area contributed by atoms with Crippen molar-refractivity contribution in [2.24, 2.45) is 5.92 Å². The van der Waals surface area contributed by atoms with Crippen LogP contribution in [0, 0.1) is 5.92 Å². The molecule has 4 unspecified atom stereocenters. The molecule has 0 heterocycles. The second kappa shape index (κ2) is 22.1. The monoisotopic (exact) mass is 596 g/mol. The Labute approximate surface area is 247 Å². The number of hydrogen-bond acceptors (Lipinski definition) is 5. The normalized spacial score (nSPS) is 21.0. The number of ether oxygens (including phenoxy) is 1. The van der Waals surface area contributed by atoms with Crippen molar-refractivity contribution in [1.29, 1.82) is 0 Å². The lowest BCUT2D eigenvalue weighted by Gasteiger charge is -2.27. The number of halogens is 3. The molecule has 0 saturated heterocycles. The number of aliphatic hydroxyl groups excluding tert-OH is 1. The van der Waals surface area contributed by atoms with Crippen molar-refractivity contribution < 1.29 is 32.9 Å². The molecule has 1 aliphatic carbocycles. The summed E-state index contributed by atoms with van der Waals surface area (Å²) in [5.74, 6) is 0.739. The Morgan fingerprint density at radius 3 is 2.08 bits per heavy atom. The maximum absolute atomic E-state index is 12.2. The second-order valence-electron chi connectivity index (χ2n) is 12.3. The van der Waals surface area contributed by atoms with E-state index < -0.39 is 18.2 Å². The fourth-order valence-corrected chi connectivity index (χ4v) is 7.22. The zero-order valence-corrected chi connectivity index (χ0v) is 26.3. The van der Waals surface area contributed by atoms with Crippen molar-refractivity contribution in [3.63, 3.8) is 0 Å². The van der Waals surface area contributed by atoms with Gasteiger partial charge in [-0.05, 0) is 57.8 Å². The highest BCUT2D eigenvalue weighted by molar-refractivity contribution is 8.00. The number of rotatable bonds is 25. The summed E-state index contributed by atoms with van der Waals surface area (Å²) in [6, 6.07) is 0. The van der Waals surface area contributed by atoms with Crippen molar-refractivity contribution in [1.82, 2.24) is 0 Å². The summed E-state index contributed by atoms with van der Waals surface area (Å²) in [4.78, 5) is 12.0. The van der Waals surface area contributed by atoms with Crippen LogP contribution in [0.25, 0.3) is 0 Å². The van der Waals surface area contributed by atoms with Crippen LogP contribution in [0.1, 0.15) is 155 Å². The molecule has 8 heteroatoms. The Morgan fingerprint density at radius 1 is 0.825 bits per heavy atom. The number of esters is 1. The Bertz CT molecular complexity index is 630. The van der Waals surface area contributed by atoms with E-state index in [2.05, 4.69) is 6.92 Å². The molecule has 1 fully saturated rings. The number of aliphatic hydroxyl groups is 2. The van der Waals surface area contributed by atoms with Crippen molar-refractivity contribution in [2.45, 2.75) is 178 Å². The number of unbranched alkanes of at least 4 members (excludes halogenated alkanes) is 13. The van der Waals surface area contributed by atoms with Gasteiger partial charge in [-0.1, -0.05) is 90.4 Å². The molecular formula is C32H59F3O4S. The summed E-state index contributed by atoms with van der Waals surface area (Å²) in [5, 5.41) is 21.6. The van der Waals surface area contributed by atoms with Crippen molar-refractivity contribution in [2.75, 3.05) is 12.4 Å². The van der Waals surface area contributed by atoms with Gasteiger partial charge in [0.1, 0.15) is 0 Å². The molecule has 0 radical (unpaired) electrons. The molecule has 0 spiro atoms. The van der Waals surface area contributed by atoms with E-state index in [-0.39, 0.29) is 24.4 Å². The average Bonchev–Trinajstić information content (AvgIpc) is 3.24. The standard InChI is InChI=1S/C32H59F3O4S/c1-3-4-5-6-7-8-13-18-25-39-30(37)20-15-10-9-14-19-27-28(36)21-22-29(27)40-26-31(2,38)23-16-11-12-17-24-32(33,34)35/h27-29,36,38H,3-26H2,1-2H3. The Morgan fingerprint density at radius 2 is 1.40 bits per heavy atom. The SMILES string of the molecule is CCCCCCCCCCOC(=O)CCCCCCC1C(O)CCC1SCC(C)(O)CCCCCCC(F)(F)F. The van der Waals surface area contributed by atoms with Crippen LogP contribution in [0.2, 0.25) is 0 Å². The Kier molecular flexibility index (Phi) is 20.8. The van der Waals surface area contributed by atoms with E-state index in [0.717, 1.165) is 64.2 Å². The van der Waals surface area contributed by atoms with E-state index in [1.54, 1.807) is 11.8 Å². The zero-order chi connectivity index (χ0) is 29.7. The smallest absolute Gasteiger partial charge is 0.389 e. The highest BCUT2D eigenvalue weighted by Crippen LogP contribution is 2.40. The van der Waals surface area contributed by atoms with Crippen LogP contribution in [-0.4, -0.2) is 51.7 Å². The van der Waals surface area contributed by atoms with Crippen LogP contribution in [0.15, 0.2) is 0 Å². The predicted octanol–water partition coefficient (Wildman–Crippen LogP) is 9.54. The summed E-state index contributed by atoms with van der Waals surface area (Å²) >= 11 is 1.74. The van der Waals surface area contributed by atoms with Crippen LogP contribution < -0.4 is 0 Å². The Balaban J connectivity index is 2.08. The van der Waals surface area contributed by atoms with E-state index in [0.29, 0.717) is 43.3 Å². The molecule has 1 saturated carbocycles. The van der Waals surface area contributed by atoms with E-state index in [1.165, 1.54) is 38.5 Å². The highest BCUT2D eigenvalue weighted by atomic mass is 32.2. The summed E-state index contributed by atoms with van der Waals surface area (Å²) in [5.41, 5.74) is -0.838. The molecule has 2 N–H and O–H groups in total. The van der Waals surface area contributed by atoms with Gasteiger partial charge in [-0.15, -0.1) is 0 Å². The quantitative estimate of drug-likeness (QED) is 0.0811. The number of carbonyl (C=O) groups excluding carboxylic acids is 1. The third-order valence-corrected chi connectivity index (χ3v) is 9.98. The van der Waals surface area contributed by atoms with Gasteiger partial charge < -0.3 is 14.9 Å². The minimum atomic E-state index is -4.08. The molecule has 0 aromatic rings. The zero-order valence-electron chi connectivity index (χ0n) is 25.5. The van der Waals surface area contributed by atoms with Gasteiger partial charge in [0.2, 0.25) is 0 Å². The summed E-state index contributed by atoms with van der Waals surface area (Å²) in [7, 11) is 0. The maximum Gasteiger partial charge on any atom is 0.389 e. The molecule has 4 nitrogen and oxygen atoms in total. The van der Waals surface area contributed by atoms with Gasteiger partial charge in [0, 0.05) is 23.8 Å². The maximum atomic E-state index is 12.2.